The van der Waals surface area contributed by atoms with Crippen molar-refractivity contribution in [3.8, 4) is 0 Å². The predicted molar refractivity (Wildman–Crippen MR) is 88.5 cm³/mol. The Morgan fingerprint density at radius 1 is 1.08 bits per heavy atom. The molecule has 0 aliphatic rings. The summed E-state index contributed by atoms with van der Waals surface area (Å²) in [6, 6.07) is 9.44. The summed E-state index contributed by atoms with van der Waals surface area (Å²) < 4.78 is 4.86. The highest BCUT2D eigenvalue weighted by Crippen LogP contribution is 2.23. The van der Waals surface area contributed by atoms with Crippen molar-refractivity contribution in [3.63, 3.8) is 0 Å². The summed E-state index contributed by atoms with van der Waals surface area (Å²) in [7, 11) is 0. The minimum atomic E-state index is -0.729. The normalized spacial score (nSPS) is 10.1. The molecule has 0 saturated carbocycles. The number of carbonyl (C=O) groups excluding carboxylic acids is 2. The third kappa shape index (κ3) is 4.68. The molecule has 2 aromatic rings. The Bertz CT molecular complexity index is 793. The van der Waals surface area contributed by atoms with Gasteiger partial charge in [0.25, 0.3) is 11.6 Å². The number of non-ortho nitro benzene ring substituents is 1. The third-order valence-electron chi connectivity index (χ3n) is 2.85. The van der Waals surface area contributed by atoms with Crippen LogP contribution in [0.2, 0.25) is 10.0 Å². The summed E-state index contributed by atoms with van der Waals surface area (Å²) in [6.45, 7) is -0.518. The molecule has 0 heterocycles. The molecule has 0 fully saturated rings. The van der Waals surface area contributed by atoms with Gasteiger partial charge in [0.05, 0.1) is 20.5 Å². The number of rotatable bonds is 5. The Hall–Kier alpha value is -2.64. The summed E-state index contributed by atoms with van der Waals surface area (Å²) in [6.07, 6.45) is 0. The van der Waals surface area contributed by atoms with E-state index >= 15 is 0 Å². The van der Waals surface area contributed by atoms with Gasteiger partial charge in [-0.1, -0.05) is 23.2 Å². The van der Waals surface area contributed by atoms with Crippen molar-refractivity contribution in [2.24, 2.45) is 0 Å². The summed E-state index contributed by atoms with van der Waals surface area (Å²) in [5.74, 6) is -1.32. The average molecular weight is 369 g/mol. The summed E-state index contributed by atoms with van der Waals surface area (Å²) in [5, 5.41) is 13.5. The lowest BCUT2D eigenvalue weighted by molar-refractivity contribution is -0.384. The number of esters is 1. The first-order valence-electron chi connectivity index (χ1n) is 6.53. The van der Waals surface area contributed by atoms with E-state index < -0.39 is 23.4 Å². The maximum atomic E-state index is 11.8. The number of nitrogens with one attached hydrogen (secondary N) is 1. The number of hydrogen-bond acceptors (Lipinski definition) is 5. The minimum Gasteiger partial charge on any atom is -0.452 e. The van der Waals surface area contributed by atoms with Crippen LogP contribution in [0.1, 0.15) is 10.4 Å². The molecule has 2 aromatic carbocycles. The molecule has 0 aliphatic carbocycles. The number of anilines is 1. The van der Waals surface area contributed by atoms with Crippen LogP contribution >= 0.6 is 23.2 Å². The van der Waals surface area contributed by atoms with Gasteiger partial charge in [-0.05, 0) is 30.3 Å². The highest BCUT2D eigenvalue weighted by atomic mass is 35.5. The van der Waals surface area contributed by atoms with E-state index in [4.69, 9.17) is 27.9 Å². The number of nitro benzene ring substituents is 1. The SMILES string of the molecule is O=C(COC(=O)c1ccc(Cl)c(Cl)c1)Nc1ccc([N+](=O)[O-])cc1. The molecule has 0 saturated heterocycles. The van der Waals surface area contributed by atoms with E-state index in [-0.39, 0.29) is 16.3 Å². The van der Waals surface area contributed by atoms with E-state index in [1.165, 1.54) is 42.5 Å². The lowest BCUT2D eigenvalue weighted by Crippen LogP contribution is -2.20. The Balaban J connectivity index is 1.89. The first-order valence-corrected chi connectivity index (χ1v) is 7.29. The molecule has 0 bridgehead atoms. The van der Waals surface area contributed by atoms with Crippen LogP contribution in [0.25, 0.3) is 0 Å². The smallest absolute Gasteiger partial charge is 0.338 e. The first-order chi connectivity index (χ1) is 11.4. The van der Waals surface area contributed by atoms with E-state index in [0.717, 1.165) is 0 Å². The van der Waals surface area contributed by atoms with E-state index in [0.29, 0.717) is 10.7 Å². The molecule has 0 aromatic heterocycles. The molecule has 0 atom stereocenters. The van der Waals surface area contributed by atoms with Gasteiger partial charge in [-0.3, -0.25) is 14.9 Å². The third-order valence-corrected chi connectivity index (χ3v) is 3.59. The quantitative estimate of drug-likeness (QED) is 0.492. The number of nitro groups is 1. The van der Waals surface area contributed by atoms with Crippen LogP contribution in [0, 0.1) is 10.1 Å². The maximum Gasteiger partial charge on any atom is 0.338 e. The minimum absolute atomic E-state index is 0.0981. The number of carbonyl (C=O) groups is 2. The standard InChI is InChI=1S/C15H10Cl2N2O5/c16-12-6-1-9(7-13(12)17)15(21)24-8-14(20)18-10-2-4-11(5-3-10)19(22)23/h1-7H,8H2,(H,18,20). The number of amides is 1. The van der Waals surface area contributed by atoms with Crippen LogP contribution in [0.15, 0.2) is 42.5 Å². The predicted octanol–water partition coefficient (Wildman–Crippen LogP) is 3.70. The van der Waals surface area contributed by atoms with Gasteiger partial charge in [0.2, 0.25) is 0 Å². The Morgan fingerprint density at radius 3 is 2.33 bits per heavy atom. The second kappa shape index (κ2) is 7.76. The number of halogens is 2. The molecule has 9 heteroatoms. The molecule has 1 N–H and O–H groups in total. The van der Waals surface area contributed by atoms with Crippen molar-refractivity contribution in [1.82, 2.24) is 0 Å². The van der Waals surface area contributed by atoms with E-state index in [1.807, 2.05) is 0 Å². The Kier molecular flexibility index (Phi) is 5.73. The molecule has 2 rings (SSSR count). The molecule has 0 spiro atoms. The number of hydrogen-bond donors (Lipinski definition) is 1. The van der Waals surface area contributed by atoms with Gasteiger partial charge in [0.1, 0.15) is 0 Å². The van der Waals surface area contributed by atoms with Crippen molar-refractivity contribution in [2.75, 3.05) is 11.9 Å². The average Bonchev–Trinajstić information content (AvgIpc) is 2.55. The summed E-state index contributed by atoms with van der Waals surface area (Å²) in [4.78, 5) is 33.5. The molecule has 124 valence electrons. The number of nitrogens with zero attached hydrogens (tertiary/aromatic N) is 1. The van der Waals surface area contributed by atoms with Crippen LogP contribution in [-0.2, 0) is 9.53 Å². The Labute approximate surface area is 146 Å². The largest absolute Gasteiger partial charge is 0.452 e. The van der Waals surface area contributed by atoms with Gasteiger partial charge in [-0.15, -0.1) is 0 Å². The van der Waals surface area contributed by atoms with E-state index in [1.54, 1.807) is 0 Å². The fourth-order valence-corrected chi connectivity index (χ4v) is 2.00. The fourth-order valence-electron chi connectivity index (χ4n) is 1.70. The van der Waals surface area contributed by atoms with E-state index in [2.05, 4.69) is 5.32 Å². The van der Waals surface area contributed by atoms with Crippen LogP contribution in [0.3, 0.4) is 0 Å². The summed E-state index contributed by atoms with van der Waals surface area (Å²) in [5.41, 5.74) is 0.405. The molecule has 0 aliphatic heterocycles. The van der Waals surface area contributed by atoms with Gasteiger partial charge in [0.15, 0.2) is 6.61 Å². The molecule has 1 amide bonds. The van der Waals surface area contributed by atoms with Crippen molar-refractivity contribution in [1.29, 1.82) is 0 Å². The highest BCUT2D eigenvalue weighted by molar-refractivity contribution is 6.42. The Morgan fingerprint density at radius 2 is 1.75 bits per heavy atom. The van der Waals surface area contributed by atoms with Gasteiger partial charge in [0, 0.05) is 17.8 Å². The molecule has 0 radical (unpaired) electrons. The number of benzene rings is 2. The van der Waals surface area contributed by atoms with Crippen molar-refractivity contribution in [2.45, 2.75) is 0 Å². The second-order valence-electron chi connectivity index (χ2n) is 4.56. The zero-order valence-corrected chi connectivity index (χ0v) is 13.5. The van der Waals surface area contributed by atoms with Crippen LogP contribution in [0.4, 0.5) is 11.4 Å². The maximum absolute atomic E-state index is 11.8. The van der Waals surface area contributed by atoms with Crippen LogP contribution in [0.5, 0.6) is 0 Å². The monoisotopic (exact) mass is 368 g/mol. The lowest BCUT2D eigenvalue weighted by Gasteiger charge is -2.07. The van der Waals surface area contributed by atoms with Crippen molar-refractivity contribution < 1.29 is 19.2 Å². The van der Waals surface area contributed by atoms with Crippen LogP contribution < -0.4 is 5.32 Å². The topological polar surface area (TPSA) is 98.5 Å². The highest BCUT2D eigenvalue weighted by Gasteiger charge is 2.12. The van der Waals surface area contributed by atoms with Gasteiger partial charge in [-0.25, -0.2) is 4.79 Å². The lowest BCUT2D eigenvalue weighted by atomic mass is 10.2. The van der Waals surface area contributed by atoms with Crippen molar-refractivity contribution >= 4 is 46.5 Å². The zero-order chi connectivity index (χ0) is 17.7. The van der Waals surface area contributed by atoms with Crippen molar-refractivity contribution in [3.05, 3.63) is 68.2 Å². The van der Waals surface area contributed by atoms with Gasteiger partial charge >= 0.3 is 5.97 Å². The number of ether oxygens (including phenoxy) is 1. The molecule has 24 heavy (non-hydrogen) atoms. The summed E-state index contributed by atoms with van der Waals surface area (Å²) >= 11 is 11.5. The molecule has 7 nitrogen and oxygen atoms in total. The zero-order valence-electron chi connectivity index (χ0n) is 12.0. The fraction of sp³-hybridized carbons (Fsp3) is 0.0667. The molecular weight excluding hydrogens is 359 g/mol. The molecular formula is C15H10Cl2N2O5. The second-order valence-corrected chi connectivity index (χ2v) is 5.37. The van der Waals surface area contributed by atoms with Gasteiger partial charge < -0.3 is 10.1 Å². The molecule has 0 unspecified atom stereocenters. The van der Waals surface area contributed by atoms with Gasteiger partial charge in [-0.2, -0.15) is 0 Å². The van der Waals surface area contributed by atoms with E-state index in [9.17, 15) is 19.7 Å². The first kappa shape index (κ1) is 17.7. The van der Waals surface area contributed by atoms with Crippen LogP contribution in [-0.4, -0.2) is 23.4 Å².